The van der Waals surface area contributed by atoms with Gasteiger partial charge in [0.1, 0.15) is 5.82 Å². The van der Waals surface area contributed by atoms with E-state index in [-0.39, 0.29) is 29.7 Å². The van der Waals surface area contributed by atoms with Crippen LogP contribution in [0.15, 0.2) is 41.5 Å². The van der Waals surface area contributed by atoms with Gasteiger partial charge in [-0.3, -0.25) is 4.98 Å². The number of hydrogen-bond acceptors (Lipinski definition) is 8. The number of aromatic hydroxyl groups is 2. The van der Waals surface area contributed by atoms with E-state index in [0.29, 0.717) is 53.8 Å². The van der Waals surface area contributed by atoms with E-state index >= 15 is 0 Å². The molecule has 1 saturated carbocycles. The minimum absolute atomic E-state index is 0.127. The molecule has 1 fully saturated rings. The molecule has 0 atom stereocenters. The number of halogens is 1. The molecule has 5 N–H and O–H groups in total. The number of aromatic nitrogens is 5. The summed E-state index contributed by atoms with van der Waals surface area (Å²) in [6, 6.07) is 7.92. The van der Waals surface area contributed by atoms with E-state index in [4.69, 9.17) is 0 Å². The fourth-order valence-electron chi connectivity index (χ4n) is 4.25. The van der Waals surface area contributed by atoms with Crippen molar-refractivity contribution in [2.24, 2.45) is 4.99 Å². The third kappa shape index (κ3) is 5.24. The molecule has 11 heteroatoms. The summed E-state index contributed by atoms with van der Waals surface area (Å²) in [5, 5.41) is 37.8. The van der Waals surface area contributed by atoms with Crippen LogP contribution >= 0.6 is 0 Å². The Morgan fingerprint density at radius 1 is 1.17 bits per heavy atom. The number of aliphatic hydroxyl groups is 1. The van der Waals surface area contributed by atoms with Crippen LogP contribution < -0.4 is 16.2 Å². The lowest BCUT2D eigenvalue weighted by molar-refractivity contribution is 0.126. The number of H-pyrrole nitrogens is 1. The molecule has 182 valence electrons. The molecule has 0 spiro atoms. The first-order chi connectivity index (χ1) is 16.9. The highest BCUT2D eigenvalue weighted by Gasteiger charge is 2.20. The van der Waals surface area contributed by atoms with Gasteiger partial charge in [-0.2, -0.15) is 19.6 Å². The predicted molar refractivity (Wildman–Crippen MR) is 126 cm³/mol. The highest BCUT2D eigenvalue weighted by molar-refractivity contribution is 5.61. The zero-order valence-electron chi connectivity index (χ0n) is 18.9. The largest absolute Gasteiger partial charge is 0.494 e. The molecule has 0 unspecified atom stereocenters. The fourth-order valence-corrected chi connectivity index (χ4v) is 4.25. The van der Waals surface area contributed by atoms with E-state index in [2.05, 4.69) is 30.4 Å². The lowest BCUT2D eigenvalue weighted by Gasteiger charge is -2.26. The van der Waals surface area contributed by atoms with Crippen LogP contribution in [-0.2, 0) is 6.42 Å². The molecule has 0 bridgehead atoms. The van der Waals surface area contributed by atoms with Crippen molar-refractivity contribution in [1.82, 2.24) is 24.6 Å². The number of hydrogen-bond donors (Lipinski definition) is 5. The van der Waals surface area contributed by atoms with Gasteiger partial charge in [-0.05, 0) is 55.9 Å². The second kappa shape index (κ2) is 9.71. The number of nitrogens with one attached hydrogen (secondary N) is 2. The van der Waals surface area contributed by atoms with Crippen LogP contribution in [0.1, 0.15) is 36.8 Å². The van der Waals surface area contributed by atoms with Crippen LogP contribution in [0.4, 0.5) is 10.3 Å². The second-order valence-electron chi connectivity index (χ2n) is 8.70. The first kappa shape index (κ1) is 22.8. The molecular formula is C24H26FN7O3. The quantitative estimate of drug-likeness (QED) is 0.281. The Morgan fingerprint density at radius 3 is 2.74 bits per heavy atom. The average Bonchev–Trinajstić information content (AvgIpc) is 3.37. The van der Waals surface area contributed by atoms with Crippen LogP contribution in [-0.4, -0.2) is 58.6 Å². The van der Waals surface area contributed by atoms with Gasteiger partial charge in [-0.25, -0.2) is 9.38 Å². The molecule has 35 heavy (non-hydrogen) atoms. The van der Waals surface area contributed by atoms with Crippen molar-refractivity contribution in [2.75, 3.05) is 11.9 Å². The van der Waals surface area contributed by atoms with Crippen molar-refractivity contribution in [2.45, 2.75) is 44.2 Å². The number of rotatable bonds is 6. The number of fused-ring (bicyclic) bond motifs is 1. The fraction of sp³-hybridized carbons (Fsp3) is 0.333. The van der Waals surface area contributed by atoms with Crippen LogP contribution in [0.25, 0.3) is 11.7 Å². The van der Waals surface area contributed by atoms with Gasteiger partial charge in [-0.1, -0.05) is 12.1 Å². The second-order valence-corrected chi connectivity index (χ2v) is 8.70. The molecule has 0 radical (unpaired) electrons. The highest BCUT2D eigenvalue weighted by Crippen LogP contribution is 2.22. The van der Waals surface area contributed by atoms with Crippen molar-refractivity contribution in [3.63, 3.8) is 0 Å². The van der Waals surface area contributed by atoms with Gasteiger partial charge in [0.05, 0.1) is 12.3 Å². The van der Waals surface area contributed by atoms with Gasteiger partial charge >= 0.3 is 0 Å². The molecule has 4 aromatic rings. The van der Waals surface area contributed by atoms with Gasteiger partial charge in [0.15, 0.2) is 17.4 Å². The van der Waals surface area contributed by atoms with Crippen molar-refractivity contribution in [1.29, 1.82) is 0 Å². The summed E-state index contributed by atoms with van der Waals surface area (Å²) in [5.41, 5.74) is 2.03. The van der Waals surface area contributed by atoms with Crippen molar-refractivity contribution >= 4 is 17.7 Å². The van der Waals surface area contributed by atoms with Crippen molar-refractivity contribution in [3.8, 4) is 11.8 Å². The Morgan fingerprint density at radius 2 is 2.00 bits per heavy atom. The minimum Gasteiger partial charge on any atom is -0.494 e. The molecule has 3 aromatic heterocycles. The van der Waals surface area contributed by atoms with Gasteiger partial charge < -0.3 is 20.6 Å². The van der Waals surface area contributed by atoms with E-state index < -0.39 is 0 Å². The molecule has 0 saturated heterocycles. The average molecular weight is 480 g/mol. The van der Waals surface area contributed by atoms with Gasteiger partial charge in [0.2, 0.25) is 5.95 Å². The van der Waals surface area contributed by atoms with E-state index in [1.165, 1.54) is 22.7 Å². The first-order valence-electron chi connectivity index (χ1n) is 11.5. The minimum atomic E-state index is -0.290. The number of benzene rings is 1. The zero-order valence-corrected chi connectivity index (χ0v) is 18.9. The van der Waals surface area contributed by atoms with E-state index in [1.807, 2.05) is 6.07 Å². The van der Waals surface area contributed by atoms with Crippen molar-refractivity contribution < 1.29 is 19.7 Å². The maximum absolute atomic E-state index is 13.5. The Bertz CT molecular complexity index is 1460. The van der Waals surface area contributed by atoms with Gasteiger partial charge in [0.25, 0.3) is 5.62 Å². The van der Waals surface area contributed by atoms with Gasteiger partial charge in [0, 0.05) is 29.4 Å². The van der Waals surface area contributed by atoms with Gasteiger partial charge in [-0.15, -0.1) is 0 Å². The predicted octanol–water partition coefficient (Wildman–Crippen LogP) is 1.41. The lowest BCUT2D eigenvalue weighted by Crippen LogP contribution is -2.31. The Hall–Kier alpha value is -3.99. The number of nitrogens with zero attached hydrogens (tertiary/aromatic N) is 5. The summed E-state index contributed by atoms with van der Waals surface area (Å²) in [5.74, 6) is -0.230. The molecule has 0 amide bonds. The molecule has 1 aliphatic rings. The van der Waals surface area contributed by atoms with Crippen LogP contribution in [0.2, 0.25) is 0 Å². The van der Waals surface area contributed by atoms with E-state index in [9.17, 15) is 19.7 Å². The standard InChI is InChI=1S/C24H26FN7O3/c25-17-3-1-2-14(10-17)8-9-26-24-31-23(28-18-4-6-19(33)7-5-18)30-21-16(13-27-32(21)24)11-15-12-20(34)29-22(15)35/h1-3,10-13,18-19,29,33-35H,4-9H2,(H,26,28,31). The summed E-state index contributed by atoms with van der Waals surface area (Å²) < 4.78 is 15.0. The van der Waals surface area contributed by atoms with E-state index in [0.717, 1.165) is 18.4 Å². The third-order valence-corrected chi connectivity index (χ3v) is 6.07. The normalized spacial score (nSPS) is 19.5. The maximum atomic E-state index is 13.5. The SMILES string of the molecule is Oc1cc(C=c2cnn3c(=NCCc4cccc(F)c4)nc(NC4CCC(O)CC4)nc23)c(O)[nH]1. The number of anilines is 1. The summed E-state index contributed by atoms with van der Waals surface area (Å²) in [6.45, 7) is 0.371. The number of aromatic amines is 1. The molecule has 0 aliphatic heterocycles. The summed E-state index contributed by atoms with van der Waals surface area (Å²) >= 11 is 0. The maximum Gasteiger partial charge on any atom is 0.251 e. The molecule has 1 aliphatic carbocycles. The Balaban J connectivity index is 1.52. The topological polar surface area (TPSA) is 144 Å². The number of aliphatic hydroxyl groups excluding tert-OH is 1. The lowest BCUT2D eigenvalue weighted by atomic mass is 9.93. The summed E-state index contributed by atoms with van der Waals surface area (Å²) in [6.07, 6.45) is 6.53. The molecular weight excluding hydrogens is 453 g/mol. The molecule has 5 rings (SSSR count). The van der Waals surface area contributed by atoms with Crippen molar-refractivity contribution in [3.05, 3.63) is 64.3 Å². The van der Waals surface area contributed by atoms with Crippen LogP contribution in [0.5, 0.6) is 11.8 Å². The summed E-state index contributed by atoms with van der Waals surface area (Å²) in [7, 11) is 0. The molecule has 10 nitrogen and oxygen atoms in total. The molecule has 3 heterocycles. The Labute approximate surface area is 199 Å². The Kier molecular flexibility index (Phi) is 6.32. The van der Waals surface area contributed by atoms with Crippen LogP contribution in [0, 0.1) is 5.82 Å². The van der Waals surface area contributed by atoms with E-state index in [1.54, 1.807) is 18.3 Å². The zero-order chi connectivity index (χ0) is 24.4. The monoisotopic (exact) mass is 479 g/mol. The van der Waals surface area contributed by atoms with Crippen LogP contribution in [0.3, 0.4) is 0 Å². The summed E-state index contributed by atoms with van der Waals surface area (Å²) in [4.78, 5) is 16.3. The molecule has 1 aromatic carbocycles. The first-order valence-corrected chi connectivity index (χ1v) is 11.5. The highest BCUT2D eigenvalue weighted by atomic mass is 19.1. The smallest absolute Gasteiger partial charge is 0.251 e. The third-order valence-electron chi connectivity index (χ3n) is 6.07.